The van der Waals surface area contributed by atoms with Gasteiger partial charge in [0.2, 0.25) is 0 Å². The highest BCUT2D eigenvalue weighted by Gasteiger charge is 2.24. The molecule has 3 rings (SSSR count). The van der Waals surface area contributed by atoms with Crippen LogP contribution in [0, 0.1) is 0 Å². The highest BCUT2D eigenvalue weighted by Crippen LogP contribution is 2.32. The van der Waals surface area contributed by atoms with Crippen molar-refractivity contribution in [2.45, 2.75) is 45.6 Å². The van der Waals surface area contributed by atoms with E-state index >= 15 is 0 Å². The molecule has 0 spiro atoms. The fraction of sp³-hybridized carbons (Fsp3) is 0.269. The molecule has 0 saturated carbocycles. The number of hydrogen-bond donors (Lipinski definition) is 1. The minimum atomic E-state index is -0.915. The summed E-state index contributed by atoms with van der Waals surface area (Å²) < 4.78 is 17.5. The van der Waals surface area contributed by atoms with Crippen molar-refractivity contribution in [2.75, 3.05) is 0 Å². The van der Waals surface area contributed by atoms with Crippen LogP contribution in [0.2, 0.25) is 0 Å². The number of benzene rings is 3. The molecule has 0 aliphatic carbocycles. The summed E-state index contributed by atoms with van der Waals surface area (Å²) >= 11 is 0. The Morgan fingerprint density at radius 3 is 1.84 bits per heavy atom. The second-order valence-corrected chi connectivity index (χ2v) is 8.27. The zero-order valence-electron chi connectivity index (χ0n) is 18.2. The lowest BCUT2D eigenvalue weighted by molar-refractivity contribution is -0.156. The van der Waals surface area contributed by atoms with Gasteiger partial charge in [-0.15, -0.1) is 0 Å². The van der Waals surface area contributed by atoms with E-state index in [1.807, 2.05) is 81.4 Å². The normalized spacial score (nSPS) is 12.1. The van der Waals surface area contributed by atoms with Crippen LogP contribution in [0.15, 0.2) is 78.9 Å². The molecule has 0 saturated heterocycles. The number of nitrogens with two attached hydrogens (primary N) is 1. The van der Waals surface area contributed by atoms with Crippen molar-refractivity contribution in [3.63, 3.8) is 0 Å². The fourth-order valence-electron chi connectivity index (χ4n) is 2.92. The highest BCUT2D eigenvalue weighted by molar-refractivity contribution is 5.78. The molecular formula is C26H29NO4. The Morgan fingerprint density at radius 1 is 0.806 bits per heavy atom. The molecule has 2 N–H and O–H groups in total. The van der Waals surface area contributed by atoms with Crippen molar-refractivity contribution in [3.8, 4) is 11.5 Å². The molecule has 31 heavy (non-hydrogen) atoms. The summed E-state index contributed by atoms with van der Waals surface area (Å²) in [5.74, 6) is 0.621. The summed E-state index contributed by atoms with van der Waals surface area (Å²) in [7, 11) is 0. The van der Waals surface area contributed by atoms with Crippen LogP contribution in [0.25, 0.3) is 0 Å². The lowest BCUT2D eigenvalue weighted by Crippen LogP contribution is -2.31. The molecule has 0 unspecified atom stereocenters. The third-order valence-corrected chi connectivity index (χ3v) is 4.46. The van der Waals surface area contributed by atoms with Crippen molar-refractivity contribution in [2.24, 2.45) is 5.73 Å². The Labute approximate surface area is 183 Å². The lowest BCUT2D eigenvalue weighted by atomic mass is 10.1. The van der Waals surface area contributed by atoms with Crippen LogP contribution in [0.5, 0.6) is 11.5 Å². The van der Waals surface area contributed by atoms with Gasteiger partial charge in [-0.3, -0.25) is 0 Å². The first-order chi connectivity index (χ1) is 14.8. The van der Waals surface area contributed by atoms with Gasteiger partial charge in [-0.2, -0.15) is 0 Å². The molecule has 5 heteroatoms. The van der Waals surface area contributed by atoms with Crippen LogP contribution >= 0.6 is 0 Å². The zero-order chi connectivity index (χ0) is 22.3. The summed E-state index contributed by atoms with van der Waals surface area (Å²) in [6.45, 7) is 6.21. The number of carbonyl (C=O) groups excluding carboxylic acids is 1. The third-order valence-electron chi connectivity index (χ3n) is 4.46. The molecule has 0 aliphatic rings. The molecule has 0 fully saturated rings. The monoisotopic (exact) mass is 419 g/mol. The minimum Gasteiger partial charge on any atom is -0.485 e. The lowest BCUT2D eigenvalue weighted by Gasteiger charge is -2.23. The summed E-state index contributed by atoms with van der Waals surface area (Å²) in [5.41, 5.74) is 8.23. The Bertz CT molecular complexity index is 981. The van der Waals surface area contributed by atoms with Gasteiger partial charge in [0.1, 0.15) is 24.9 Å². The SMILES string of the molecule is CC(C)(C)OC(=O)[C@@H](N)c1ccc(OCc2ccccc2)c(OCc2ccccc2)c1. The van der Waals surface area contributed by atoms with Gasteiger partial charge in [0, 0.05) is 0 Å². The van der Waals surface area contributed by atoms with Gasteiger partial charge in [0.25, 0.3) is 0 Å². The Morgan fingerprint density at radius 2 is 1.32 bits per heavy atom. The first kappa shape index (κ1) is 22.4. The molecule has 162 valence electrons. The van der Waals surface area contributed by atoms with E-state index in [2.05, 4.69) is 0 Å². The third kappa shape index (κ3) is 6.86. The maximum Gasteiger partial charge on any atom is 0.328 e. The largest absolute Gasteiger partial charge is 0.485 e. The second kappa shape index (κ2) is 10.1. The van der Waals surface area contributed by atoms with Gasteiger partial charge >= 0.3 is 5.97 Å². The van der Waals surface area contributed by atoms with Gasteiger partial charge in [-0.1, -0.05) is 66.7 Å². The molecule has 0 aromatic heterocycles. The summed E-state index contributed by atoms with van der Waals surface area (Å²) in [6, 6.07) is 24.1. The molecular weight excluding hydrogens is 390 g/mol. The molecule has 3 aromatic rings. The number of rotatable bonds is 8. The Balaban J connectivity index is 1.80. The van der Waals surface area contributed by atoms with E-state index in [1.54, 1.807) is 18.2 Å². The fourth-order valence-corrected chi connectivity index (χ4v) is 2.92. The van der Waals surface area contributed by atoms with Gasteiger partial charge < -0.3 is 19.9 Å². The van der Waals surface area contributed by atoms with E-state index in [0.29, 0.717) is 30.3 Å². The smallest absolute Gasteiger partial charge is 0.328 e. The minimum absolute atomic E-state index is 0.369. The van der Waals surface area contributed by atoms with E-state index in [-0.39, 0.29) is 0 Å². The first-order valence-electron chi connectivity index (χ1n) is 10.3. The predicted molar refractivity (Wildman–Crippen MR) is 121 cm³/mol. The van der Waals surface area contributed by atoms with Crippen LogP contribution in [0.3, 0.4) is 0 Å². The first-order valence-corrected chi connectivity index (χ1v) is 10.3. The second-order valence-electron chi connectivity index (χ2n) is 8.27. The molecule has 1 atom stereocenters. The molecule has 3 aromatic carbocycles. The number of carbonyl (C=O) groups is 1. The molecule has 0 radical (unpaired) electrons. The molecule has 0 aliphatic heterocycles. The van der Waals surface area contributed by atoms with Crippen LogP contribution in [0.1, 0.15) is 43.5 Å². The van der Waals surface area contributed by atoms with Crippen LogP contribution < -0.4 is 15.2 Å². The summed E-state index contributed by atoms with van der Waals surface area (Å²) in [5, 5.41) is 0. The molecule has 0 amide bonds. The standard InChI is InChI=1S/C26H29NO4/c1-26(2,3)31-25(28)24(27)21-14-15-22(29-17-19-10-6-4-7-11-19)23(16-21)30-18-20-12-8-5-9-13-20/h4-16,24H,17-18,27H2,1-3H3/t24-/m0/s1. The van der Waals surface area contributed by atoms with E-state index in [1.165, 1.54) is 0 Å². The van der Waals surface area contributed by atoms with E-state index in [4.69, 9.17) is 19.9 Å². The van der Waals surface area contributed by atoms with Crippen LogP contribution in [-0.2, 0) is 22.7 Å². The van der Waals surface area contributed by atoms with Crippen molar-refractivity contribution in [1.29, 1.82) is 0 Å². The van der Waals surface area contributed by atoms with Crippen molar-refractivity contribution < 1.29 is 19.0 Å². The van der Waals surface area contributed by atoms with Gasteiger partial charge in [-0.25, -0.2) is 4.79 Å². The Kier molecular flexibility index (Phi) is 7.32. The van der Waals surface area contributed by atoms with E-state index in [9.17, 15) is 4.79 Å². The van der Waals surface area contributed by atoms with Crippen LogP contribution in [-0.4, -0.2) is 11.6 Å². The van der Waals surface area contributed by atoms with Crippen molar-refractivity contribution in [1.82, 2.24) is 0 Å². The average molecular weight is 420 g/mol. The molecule has 0 bridgehead atoms. The van der Waals surface area contributed by atoms with Gasteiger partial charge in [0.15, 0.2) is 11.5 Å². The molecule has 0 heterocycles. The van der Waals surface area contributed by atoms with Crippen LogP contribution in [0.4, 0.5) is 0 Å². The number of ether oxygens (including phenoxy) is 3. The van der Waals surface area contributed by atoms with Gasteiger partial charge in [0.05, 0.1) is 0 Å². The maximum absolute atomic E-state index is 12.4. The number of hydrogen-bond acceptors (Lipinski definition) is 5. The predicted octanol–water partition coefficient (Wildman–Crippen LogP) is 5.19. The highest BCUT2D eigenvalue weighted by atomic mass is 16.6. The summed E-state index contributed by atoms with van der Waals surface area (Å²) in [4.78, 5) is 12.4. The topological polar surface area (TPSA) is 70.8 Å². The van der Waals surface area contributed by atoms with Crippen molar-refractivity contribution >= 4 is 5.97 Å². The summed E-state index contributed by atoms with van der Waals surface area (Å²) in [6.07, 6.45) is 0. The number of esters is 1. The van der Waals surface area contributed by atoms with Crippen molar-refractivity contribution in [3.05, 3.63) is 95.6 Å². The average Bonchev–Trinajstić information content (AvgIpc) is 2.76. The Hall–Kier alpha value is -3.31. The van der Waals surface area contributed by atoms with E-state index in [0.717, 1.165) is 11.1 Å². The van der Waals surface area contributed by atoms with Gasteiger partial charge in [-0.05, 0) is 49.6 Å². The zero-order valence-corrected chi connectivity index (χ0v) is 18.2. The maximum atomic E-state index is 12.4. The molecule has 5 nitrogen and oxygen atoms in total. The van der Waals surface area contributed by atoms with E-state index < -0.39 is 17.6 Å². The quantitative estimate of drug-likeness (QED) is 0.509.